The summed E-state index contributed by atoms with van der Waals surface area (Å²) >= 11 is 12.1. The molecule has 1 aliphatic rings. The van der Waals surface area contributed by atoms with Crippen molar-refractivity contribution in [3.05, 3.63) is 110 Å². The van der Waals surface area contributed by atoms with Crippen molar-refractivity contribution in [3.8, 4) is 0 Å². The molecule has 1 amide bonds. The number of likely N-dealkylation sites (tertiary alicyclic amines) is 1. The van der Waals surface area contributed by atoms with E-state index in [1.165, 1.54) is 35.2 Å². The normalized spacial score (nSPS) is 17.8. The van der Waals surface area contributed by atoms with Gasteiger partial charge in [0.25, 0.3) is 11.7 Å². The largest absolute Gasteiger partial charge is 0.507 e. The Morgan fingerprint density at radius 2 is 1.57 bits per heavy atom. The zero-order chi connectivity index (χ0) is 25.5. The SMILES string of the molecule is CC(C)(C)c1ccc(C2/C(=C(/O)c3ccc(Cl)c(Cl)c3)C(=O)C(=O)N2Cc2ccc(F)cc2)cc1. The molecule has 4 rings (SSSR count). The second-order valence-corrected chi connectivity index (χ2v) is 10.4. The van der Waals surface area contributed by atoms with Crippen LogP contribution in [-0.2, 0) is 21.5 Å². The first-order valence-electron chi connectivity index (χ1n) is 11.1. The Balaban J connectivity index is 1.86. The van der Waals surface area contributed by atoms with Crippen molar-refractivity contribution in [2.24, 2.45) is 0 Å². The first kappa shape index (κ1) is 25.0. The molecule has 0 spiro atoms. The summed E-state index contributed by atoms with van der Waals surface area (Å²) in [5.74, 6) is -2.29. The molecule has 7 heteroatoms. The van der Waals surface area contributed by atoms with E-state index < -0.39 is 23.5 Å². The van der Waals surface area contributed by atoms with Crippen LogP contribution in [0.1, 0.15) is 49.1 Å². The van der Waals surface area contributed by atoms with Crippen molar-refractivity contribution < 1.29 is 19.1 Å². The van der Waals surface area contributed by atoms with E-state index in [1.54, 1.807) is 12.1 Å². The van der Waals surface area contributed by atoms with Crippen molar-refractivity contribution in [1.82, 2.24) is 4.90 Å². The summed E-state index contributed by atoms with van der Waals surface area (Å²) in [6.07, 6.45) is 0. The molecule has 1 fully saturated rings. The Bertz CT molecular complexity index is 1330. The number of Topliss-reactive ketones (excluding diaryl/α,β-unsaturated/α-hetero) is 1. The first-order chi connectivity index (χ1) is 16.5. The van der Waals surface area contributed by atoms with E-state index in [2.05, 4.69) is 20.8 Å². The Hall–Kier alpha value is -3.15. The van der Waals surface area contributed by atoms with Crippen LogP contribution in [0.5, 0.6) is 0 Å². The third kappa shape index (κ3) is 4.97. The average molecular weight is 512 g/mol. The Kier molecular flexibility index (Phi) is 6.76. The minimum absolute atomic E-state index is 0.0426. The predicted octanol–water partition coefficient (Wildman–Crippen LogP) is 7.05. The van der Waals surface area contributed by atoms with Crippen LogP contribution in [-0.4, -0.2) is 21.7 Å². The van der Waals surface area contributed by atoms with Crippen LogP contribution in [0, 0.1) is 5.82 Å². The summed E-state index contributed by atoms with van der Waals surface area (Å²) in [6, 6.07) is 17.0. The third-order valence-electron chi connectivity index (χ3n) is 6.09. The maximum atomic E-state index is 13.4. The van der Waals surface area contributed by atoms with Crippen LogP contribution < -0.4 is 0 Å². The van der Waals surface area contributed by atoms with Gasteiger partial charge in [0, 0.05) is 12.1 Å². The number of carbonyl (C=O) groups excluding carboxylic acids is 2. The summed E-state index contributed by atoms with van der Waals surface area (Å²) in [5, 5.41) is 11.7. The second kappa shape index (κ2) is 9.48. The predicted molar refractivity (Wildman–Crippen MR) is 136 cm³/mol. The molecule has 1 saturated heterocycles. The number of rotatable bonds is 4. The van der Waals surface area contributed by atoms with E-state index in [1.807, 2.05) is 24.3 Å². The van der Waals surface area contributed by atoms with Crippen molar-refractivity contribution in [3.63, 3.8) is 0 Å². The molecule has 1 N–H and O–H groups in total. The highest BCUT2D eigenvalue weighted by molar-refractivity contribution is 6.46. The maximum absolute atomic E-state index is 13.4. The number of halogens is 3. The van der Waals surface area contributed by atoms with E-state index in [9.17, 15) is 19.1 Å². The van der Waals surface area contributed by atoms with E-state index >= 15 is 0 Å². The summed E-state index contributed by atoms with van der Waals surface area (Å²) in [6.45, 7) is 6.33. The molecule has 3 aromatic carbocycles. The highest BCUT2D eigenvalue weighted by Crippen LogP contribution is 2.41. The van der Waals surface area contributed by atoms with E-state index in [0.717, 1.165) is 5.56 Å². The Labute approximate surface area is 213 Å². The maximum Gasteiger partial charge on any atom is 0.295 e. The molecule has 1 atom stereocenters. The second-order valence-electron chi connectivity index (χ2n) is 9.55. The lowest BCUT2D eigenvalue weighted by molar-refractivity contribution is -0.140. The van der Waals surface area contributed by atoms with E-state index in [-0.39, 0.29) is 33.9 Å². The van der Waals surface area contributed by atoms with Crippen molar-refractivity contribution in [2.75, 3.05) is 0 Å². The number of amides is 1. The lowest BCUT2D eigenvalue weighted by Gasteiger charge is -2.26. The molecular formula is C28H24Cl2FNO3. The topological polar surface area (TPSA) is 57.6 Å². The molecule has 4 nitrogen and oxygen atoms in total. The molecule has 0 saturated carbocycles. The molecule has 35 heavy (non-hydrogen) atoms. The standard InChI is InChI=1S/C28H24Cl2FNO3/c1-28(2,3)19-9-6-17(7-10-19)24-23(25(33)18-8-13-21(29)22(30)14-18)26(34)27(35)32(24)15-16-4-11-20(31)12-5-16/h4-14,24,33H,15H2,1-3H3/b25-23-. The number of ketones is 1. The van der Waals surface area contributed by atoms with Crippen molar-refractivity contribution in [1.29, 1.82) is 0 Å². The highest BCUT2D eigenvalue weighted by Gasteiger charge is 2.46. The fourth-order valence-electron chi connectivity index (χ4n) is 4.14. The number of aliphatic hydroxyl groups is 1. The molecule has 180 valence electrons. The van der Waals surface area contributed by atoms with Crippen LogP contribution >= 0.6 is 23.2 Å². The number of hydrogen-bond acceptors (Lipinski definition) is 3. The number of carbonyl (C=O) groups is 2. The van der Waals surface area contributed by atoms with E-state index in [4.69, 9.17) is 23.2 Å². The smallest absolute Gasteiger partial charge is 0.295 e. The highest BCUT2D eigenvalue weighted by atomic mass is 35.5. The summed E-state index contributed by atoms with van der Waals surface area (Å²) in [5.41, 5.74) is 2.55. The molecule has 1 heterocycles. The van der Waals surface area contributed by atoms with Gasteiger partial charge in [-0.2, -0.15) is 0 Å². The minimum Gasteiger partial charge on any atom is -0.507 e. The average Bonchev–Trinajstić information content (AvgIpc) is 3.06. The molecule has 0 aromatic heterocycles. The molecule has 0 bridgehead atoms. The number of nitrogens with zero attached hydrogens (tertiary/aromatic N) is 1. The zero-order valence-electron chi connectivity index (χ0n) is 19.5. The number of aliphatic hydroxyl groups excluding tert-OH is 1. The van der Waals surface area contributed by atoms with Gasteiger partial charge in [-0.05, 0) is 52.4 Å². The monoisotopic (exact) mass is 511 g/mol. The Morgan fingerprint density at radius 3 is 2.14 bits per heavy atom. The summed E-state index contributed by atoms with van der Waals surface area (Å²) in [7, 11) is 0. The lowest BCUT2D eigenvalue weighted by Crippen LogP contribution is -2.29. The minimum atomic E-state index is -0.844. The fourth-order valence-corrected chi connectivity index (χ4v) is 4.44. The van der Waals surface area contributed by atoms with Crippen LogP contribution in [0.15, 0.2) is 72.3 Å². The van der Waals surface area contributed by atoms with Gasteiger partial charge in [0.2, 0.25) is 0 Å². The van der Waals surface area contributed by atoms with Gasteiger partial charge < -0.3 is 10.0 Å². The first-order valence-corrected chi connectivity index (χ1v) is 11.8. The number of hydrogen-bond donors (Lipinski definition) is 1. The summed E-state index contributed by atoms with van der Waals surface area (Å²) in [4.78, 5) is 27.8. The quantitative estimate of drug-likeness (QED) is 0.232. The number of benzene rings is 3. The Morgan fingerprint density at radius 1 is 0.943 bits per heavy atom. The molecule has 1 unspecified atom stereocenters. The van der Waals surface area contributed by atoms with E-state index in [0.29, 0.717) is 16.1 Å². The van der Waals surface area contributed by atoms with Gasteiger partial charge in [0.15, 0.2) is 0 Å². The van der Waals surface area contributed by atoms with Crippen molar-refractivity contribution >= 4 is 40.7 Å². The van der Waals surface area contributed by atoms with Gasteiger partial charge in [0.05, 0.1) is 21.7 Å². The van der Waals surface area contributed by atoms with Gasteiger partial charge in [-0.3, -0.25) is 9.59 Å². The molecule has 3 aromatic rings. The molecule has 1 aliphatic heterocycles. The zero-order valence-corrected chi connectivity index (χ0v) is 21.0. The van der Waals surface area contributed by atoms with Gasteiger partial charge >= 0.3 is 0 Å². The fraction of sp³-hybridized carbons (Fsp3) is 0.214. The van der Waals surface area contributed by atoms with Crippen LogP contribution in [0.3, 0.4) is 0 Å². The van der Waals surface area contributed by atoms with Gasteiger partial charge in [-0.25, -0.2) is 4.39 Å². The molecule has 0 radical (unpaired) electrons. The van der Waals surface area contributed by atoms with Crippen LogP contribution in [0.2, 0.25) is 10.0 Å². The van der Waals surface area contributed by atoms with Gasteiger partial charge in [0.1, 0.15) is 11.6 Å². The summed E-state index contributed by atoms with van der Waals surface area (Å²) < 4.78 is 13.4. The lowest BCUT2D eigenvalue weighted by atomic mass is 9.85. The van der Waals surface area contributed by atoms with Crippen LogP contribution in [0.25, 0.3) is 5.76 Å². The molecular weight excluding hydrogens is 488 g/mol. The van der Waals surface area contributed by atoms with Crippen LogP contribution in [0.4, 0.5) is 4.39 Å². The molecule has 0 aliphatic carbocycles. The third-order valence-corrected chi connectivity index (χ3v) is 6.83. The van der Waals surface area contributed by atoms with Crippen molar-refractivity contribution in [2.45, 2.75) is 38.8 Å². The van der Waals surface area contributed by atoms with Gasteiger partial charge in [-0.15, -0.1) is 0 Å². The van der Waals surface area contributed by atoms with Gasteiger partial charge in [-0.1, -0.05) is 80.4 Å².